The Morgan fingerprint density at radius 2 is 2.05 bits per heavy atom. The molecule has 0 saturated heterocycles. The maximum atomic E-state index is 10.9. The molecule has 7 heteroatoms. The van der Waals surface area contributed by atoms with Crippen LogP contribution in [0.25, 0.3) is 0 Å². The second-order valence-corrected chi connectivity index (χ2v) is 4.75. The molecule has 0 bridgehead atoms. The van der Waals surface area contributed by atoms with Gasteiger partial charge in [-0.1, -0.05) is 17.7 Å². The number of ether oxygens (including phenoxy) is 1. The predicted octanol–water partition coefficient (Wildman–Crippen LogP) is 3.63. The van der Waals surface area contributed by atoms with Crippen molar-refractivity contribution in [1.29, 1.82) is 5.41 Å². The van der Waals surface area contributed by atoms with Gasteiger partial charge in [-0.25, -0.2) is 0 Å². The largest absolute Gasteiger partial charge is 0.456 e. The van der Waals surface area contributed by atoms with Gasteiger partial charge in [-0.05, 0) is 25.1 Å². The van der Waals surface area contributed by atoms with E-state index in [1.54, 1.807) is 25.1 Å². The van der Waals surface area contributed by atoms with Crippen LogP contribution in [0.3, 0.4) is 0 Å². The SMILES string of the molecule is Cc1c(Oc2cc(Cl)ccc2C(=N)N)cccc1[N+](=O)[O-]. The topological polar surface area (TPSA) is 102 Å². The summed E-state index contributed by atoms with van der Waals surface area (Å²) < 4.78 is 5.66. The number of nitrogens with zero attached hydrogens (tertiary/aromatic N) is 1. The number of nitrogens with one attached hydrogen (secondary N) is 1. The van der Waals surface area contributed by atoms with Gasteiger partial charge in [-0.15, -0.1) is 0 Å². The third kappa shape index (κ3) is 3.11. The summed E-state index contributed by atoms with van der Waals surface area (Å²) in [6, 6.07) is 9.19. The van der Waals surface area contributed by atoms with Crippen LogP contribution >= 0.6 is 11.6 Å². The van der Waals surface area contributed by atoms with Crippen molar-refractivity contribution in [3.63, 3.8) is 0 Å². The van der Waals surface area contributed by atoms with Gasteiger partial charge in [0.15, 0.2) is 0 Å². The summed E-state index contributed by atoms with van der Waals surface area (Å²) in [4.78, 5) is 10.5. The molecule has 108 valence electrons. The molecule has 0 amide bonds. The lowest BCUT2D eigenvalue weighted by Gasteiger charge is -2.12. The van der Waals surface area contributed by atoms with E-state index < -0.39 is 4.92 Å². The Labute approximate surface area is 125 Å². The number of hydrogen-bond acceptors (Lipinski definition) is 4. The van der Waals surface area contributed by atoms with E-state index in [-0.39, 0.29) is 17.3 Å². The highest BCUT2D eigenvalue weighted by Gasteiger charge is 2.16. The van der Waals surface area contributed by atoms with Crippen LogP contribution in [0.1, 0.15) is 11.1 Å². The van der Waals surface area contributed by atoms with Crippen LogP contribution in [0.2, 0.25) is 5.02 Å². The maximum absolute atomic E-state index is 10.9. The minimum absolute atomic E-state index is 0.0427. The minimum Gasteiger partial charge on any atom is -0.456 e. The summed E-state index contributed by atoms with van der Waals surface area (Å²) in [5.41, 5.74) is 6.20. The summed E-state index contributed by atoms with van der Waals surface area (Å²) in [6.07, 6.45) is 0. The van der Waals surface area contributed by atoms with Gasteiger partial charge in [0.2, 0.25) is 0 Å². The maximum Gasteiger partial charge on any atom is 0.276 e. The van der Waals surface area contributed by atoms with Gasteiger partial charge < -0.3 is 10.5 Å². The molecule has 0 aromatic heterocycles. The van der Waals surface area contributed by atoms with Crippen LogP contribution in [-0.4, -0.2) is 10.8 Å². The number of amidine groups is 1. The second-order valence-electron chi connectivity index (χ2n) is 4.31. The van der Waals surface area contributed by atoms with Crippen LogP contribution in [0.4, 0.5) is 5.69 Å². The van der Waals surface area contributed by atoms with Crippen molar-refractivity contribution in [2.75, 3.05) is 0 Å². The molecule has 0 aliphatic carbocycles. The molecule has 3 N–H and O–H groups in total. The molecule has 21 heavy (non-hydrogen) atoms. The van der Waals surface area contributed by atoms with Crippen LogP contribution in [0.15, 0.2) is 36.4 Å². The van der Waals surface area contributed by atoms with Gasteiger partial charge in [-0.2, -0.15) is 0 Å². The van der Waals surface area contributed by atoms with E-state index in [2.05, 4.69) is 0 Å². The van der Waals surface area contributed by atoms with Crippen LogP contribution in [0.5, 0.6) is 11.5 Å². The molecular formula is C14H12ClN3O3. The van der Waals surface area contributed by atoms with Gasteiger partial charge in [-0.3, -0.25) is 15.5 Å². The highest BCUT2D eigenvalue weighted by Crippen LogP contribution is 2.33. The highest BCUT2D eigenvalue weighted by atomic mass is 35.5. The van der Waals surface area contributed by atoms with Crippen molar-refractivity contribution < 1.29 is 9.66 Å². The van der Waals surface area contributed by atoms with E-state index >= 15 is 0 Å². The summed E-state index contributed by atoms with van der Waals surface area (Å²) in [5, 5.41) is 18.9. The normalized spacial score (nSPS) is 10.2. The molecule has 0 spiro atoms. The monoisotopic (exact) mass is 305 g/mol. The van der Waals surface area contributed by atoms with Crippen LogP contribution in [-0.2, 0) is 0 Å². The molecule has 0 radical (unpaired) electrons. The van der Waals surface area contributed by atoms with Crippen LogP contribution in [0, 0.1) is 22.4 Å². The fourth-order valence-corrected chi connectivity index (χ4v) is 1.99. The third-order valence-corrected chi connectivity index (χ3v) is 3.14. The van der Waals surface area contributed by atoms with E-state index in [1.807, 2.05) is 0 Å². The fourth-order valence-electron chi connectivity index (χ4n) is 1.83. The number of nitrogens with two attached hydrogens (primary N) is 1. The quantitative estimate of drug-likeness (QED) is 0.389. The lowest BCUT2D eigenvalue weighted by Crippen LogP contribution is -2.12. The fraction of sp³-hybridized carbons (Fsp3) is 0.0714. The summed E-state index contributed by atoms with van der Waals surface area (Å²) in [5.74, 6) is 0.414. The molecule has 2 aromatic carbocycles. The average molecular weight is 306 g/mol. The molecule has 2 aromatic rings. The number of hydrogen-bond donors (Lipinski definition) is 2. The van der Waals surface area contributed by atoms with Crippen LogP contribution < -0.4 is 10.5 Å². The van der Waals surface area contributed by atoms with Gasteiger partial charge in [0.05, 0.1) is 16.1 Å². The Hall–Kier alpha value is -2.60. The summed E-state index contributed by atoms with van der Waals surface area (Å²) in [7, 11) is 0. The lowest BCUT2D eigenvalue weighted by atomic mass is 10.1. The summed E-state index contributed by atoms with van der Waals surface area (Å²) in [6.45, 7) is 1.59. The second kappa shape index (κ2) is 5.80. The zero-order chi connectivity index (χ0) is 15.6. The molecule has 6 nitrogen and oxygen atoms in total. The Morgan fingerprint density at radius 1 is 1.33 bits per heavy atom. The van der Waals surface area contributed by atoms with E-state index in [0.717, 1.165) is 0 Å². The summed E-state index contributed by atoms with van der Waals surface area (Å²) >= 11 is 5.91. The van der Waals surface area contributed by atoms with E-state index in [4.69, 9.17) is 27.5 Å². The Kier molecular flexibility index (Phi) is 4.09. The number of benzene rings is 2. The average Bonchev–Trinajstić information content (AvgIpc) is 2.40. The molecule has 0 atom stereocenters. The minimum atomic E-state index is -0.480. The lowest BCUT2D eigenvalue weighted by molar-refractivity contribution is -0.385. The first kappa shape index (κ1) is 14.8. The van der Waals surface area contributed by atoms with E-state index in [1.165, 1.54) is 18.2 Å². The standard InChI is InChI=1S/C14H12ClN3O3/c1-8-11(18(19)20)3-2-4-12(8)21-13-7-9(15)5-6-10(13)14(16)17/h2-7H,1H3,(H3,16,17). The highest BCUT2D eigenvalue weighted by molar-refractivity contribution is 6.30. The van der Waals surface area contributed by atoms with Gasteiger partial charge >= 0.3 is 0 Å². The number of nitro groups is 1. The molecular weight excluding hydrogens is 294 g/mol. The number of rotatable bonds is 4. The van der Waals surface area contributed by atoms with Gasteiger partial charge in [0, 0.05) is 17.2 Å². The first-order valence-electron chi connectivity index (χ1n) is 5.96. The smallest absolute Gasteiger partial charge is 0.276 e. The Morgan fingerprint density at radius 3 is 2.67 bits per heavy atom. The Bertz CT molecular complexity index is 731. The molecule has 0 aliphatic heterocycles. The Balaban J connectivity index is 2.48. The first-order chi connectivity index (χ1) is 9.90. The number of nitrogen functional groups attached to an aromatic ring is 1. The zero-order valence-electron chi connectivity index (χ0n) is 11.1. The predicted molar refractivity (Wildman–Crippen MR) is 80.4 cm³/mol. The molecule has 0 saturated carbocycles. The van der Waals surface area contributed by atoms with Crippen molar-refractivity contribution in [1.82, 2.24) is 0 Å². The zero-order valence-corrected chi connectivity index (χ0v) is 11.8. The van der Waals surface area contributed by atoms with Crippen molar-refractivity contribution in [2.24, 2.45) is 5.73 Å². The van der Waals surface area contributed by atoms with Crippen molar-refractivity contribution >= 4 is 23.1 Å². The molecule has 2 rings (SSSR count). The van der Waals surface area contributed by atoms with E-state index in [9.17, 15) is 10.1 Å². The van der Waals surface area contributed by atoms with Gasteiger partial charge in [0.25, 0.3) is 5.69 Å². The van der Waals surface area contributed by atoms with Crippen molar-refractivity contribution in [3.8, 4) is 11.5 Å². The number of halogens is 1. The van der Waals surface area contributed by atoms with Crippen molar-refractivity contribution in [2.45, 2.75) is 6.92 Å². The number of nitro benzene ring substituents is 1. The molecule has 0 fully saturated rings. The molecule has 0 unspecified atom stereocenters. The van der Waals surface area contributed by atoms with Crippen molar-refractivity contribution in [3.05, 3.63) is 62.7 Å². The third-order valence-electron chi connectivity index (χ3n) is 2.91. The molecule has 0 aliphatic rings. The molecule has 0 heterocycles. The van der Waals surface area contributed by atoms with Gasteiger partial charge in [0.1, 0.15) is 17.3 Å². The first-order valence-corrected chi connectivity index (χ1v) is 6.33. The van der Waals surface area contributed by atoms with E-state index in [0.29, 0.717) is 21.9 Å².